The van der Waals surface area contributed by atoms with E-state index in [1.807, 2.05) is 24.7 Å². The van der Waals surface area contributed by atoms with Crippen molar-refractivity contribution in [2.75, 3.05) is 23.3 Å². The van der Waals surface area contributed by atoms with Gasteiger partial charge in [0.1, 0.15) is 5.82 Å². The molecule has 7 rings (SSSR count). The van der Waals surface area contributed by atoms with Crippen LogP contribution in [0, 0.1) is 12.3 Å². The zero-order valence-electron chi connectivity index (χ0n) is 20.8. The molecule has 2 fully saturated rings. The number of benzene rings is 1. The molecule has 1 atom stereocenters. The molecular formula is C28H30ClN7S. The second-order valence-electron chi connectivity index (χ2n) is 10.6. The topological polar surface area (TPSA) is 84.4 Å². The Hall–Kier alpha value is -2.81. The van der Waals surface area contributed by atoms with E-state index < -0.39 is 0 Å². The lowest BCUT2D eigenvalue weighted by atomic mass is 9.73. The van der Waals surface area contributed by atoms with Gasteiger partial charge in [-0.2, -0.15) is 0 Å². The van der Waals surface area contributed by atoms with E-state index in [-0.39, 0.29) is 11.5 Å². The Morgan fingerprint density at radius 1 is 1.11 bits per heavy atom. The van der Waals surface area contributed by atoms with Gasteiger partial charge in [-0.3, -0.25) is 4.40 Å². The Balaban J connectivity index is 1.15. The molecule has 1 saturated carbocycles. The minimum absolute atomic E-state index is 0.108. The number of rotatable bonds is 5. The number of halogens is 1. The maximum absolute atomic E-state index is 6.81. The van der Waals surface area contributed by atoms with Crippen molar-refractivity contribution in [3.63, 3.8) is 0 Å². The Morgan fingerprint density at radius 2 is 1.92 bits per heavy atom. The molecule has 3 aromatic heterocycles. The summed E-state index contributed by atoms with van der Waals surface area (Å²) in [5.74, 6) is 1.70. The van der Waals surface area contributed by atoms with E-state index in [1.165, 1.54) is 24.0 Å². The number of imidazole rings is 1. The van der Waals surface area contributed by atoms with Crippen molar-refractivity contribution in [3.05, 3.63) is 70.8 Å². The van der Waals surface area contributed by atoms with Crippen LogP contribution < -0.4 is 16.0 Å². The maximum Gasteiger partial charge on any atom is 0.211 e. The lowest BCUT2D eigenvalue weighted by Gasteiger charge is -2.42. The quantitative estimate of drug-likeness (QED) is 0.344. The van der Waals surface area contributed by atoms with Crippen molar-refractivity contribution in [1.29, 1.82) is 0 Å². The van der Waals surface area contributed by atoms with Crippen LogP contribution in [0.1, 0.15) is 48.5 Å². The van der Waals surface area contributed by atoms with Crippen LogP contribution in [0.4, 0.5) is 11.8 Å². The monoisotopic (exact) mass is 531 g/mol. The molecule has 1 spiro atoms. The van der Waals surface area contributed by atoms with E-state index in [9.17, 15) is 0 Å². The second-order valence-corrected chi connectivity index (χ2v) is 12.1. The Labute approximate surface area is 225 Å². The van der Waals surface area contributed by atoms with E-state index >= 15 is 0 Å². The average molecular weight is 532 g/mol. The summed E-state index contributed by atoms with van der Waals surface area (Å²) in [5.41, 5.74) is 11.6. The number of pyridine rings is 1. The van der Waals surface area contributed by atoms with Gasteiger partial charge in [0.2, 0.25) is 5.95 Å². The minimum atomic E-state index is 0.108. The standard InChI is InChI=1S/C28H30ClN7S/c1-17-23(37-21-8-11-31-25(22(21)29)34-19-6-7-19)26-32-12-15-36(26)27(33-17)35-13-9-28(10-14-35)16-18-4-2-3-5-20(18)24(28)30/h2-5,8,11-12,15,19,24H,6-7,9-10,13-14,16,30H2,1H3,(H,31,34)/t24-/m1/s1. The van der Waals surface area contributed by atoms with Gasteiger partial charge in [-0.25, -0.2) is 15.0 Å². The van der Waals surface area contributed by atoms with Gasteiger partial charge in [-0.05, 0) is 61.6 Å². The number of fused-ring (bicyclic) bond motifs is 2. The molecule has 0 bridgehead atoms. The van der Waals surface area contributed by atoms with E-state index in [4.69, 9.17) is 27.3 Å². The van der Waals surface area contributed by atoms with Gasteiger partial charge in [0, 0.05) is 48.7 Å². The number of hydrogen-bond acceptors (Lipinski definition) is 7. The first kappa shape index (κ1) is 23.3. The average Bonchev–Trinajstić information content (AvgIpc) is 3.52. The van der Waals surface area contributed by atoms with Gasteiger partial charge in [-0.15, -0.1) is 0 Å². The summed E-state index contributed by atoms with van der Waals surface area (Å²) in [6.45, 7) is 3.93. The summed E-state index contributed by atoms with van der Waals surface area (Å²) < 4.78 is 2.12. The Morgan fingerprint density at radius 3 is 2.70 bits per heavy atom. The van der Waals surface area contributed by atoms with Crippen LogP contribution in [-0.2, 0) is 6.42 Å². The summed E-state index contributed by atoms with van der Waals surface area (Å²) in [6.07, 6.45) is 11.2. The summed E-state index contributed by atoms with van der Waals surface area (Å²) >= 11 is 8.36. The van der Waals surface area contributed by atoms with Gasteiger partial charge in [-0.1, -0.05) is 47.6 Å². The molecule has 3 aliphatic rings. The largest absolute Gasteiger partial charge is 0.366 e. The molecule has 9 heteroatoms. The summed E-state index contributed by atoms with van der Waals surface area (Å²) in [4.78, 5) is 18.7. The molecular weight excluding hydrogens is 502 g/mol. The second kappa shape index (κ2) is 8.89. The number of anilines is 2. The minimum Gasteiger partial charge on any atom is -0.366 e. The van der Waals surface area contributed by atoms with Crippen molar-refractivity contribution in [1.82, 2.24) is 19.4 Å². The van der Waals surface area contributed by atoms with Gasteiger partial charge in [0.05, 0.1) is 15.6 Å². The summed E-state index contributed by atoms with van der Waals surface area (Å²) in [5, 5.41) is 4.09. The number of aryl methyl sites for hydroxylation is 1. The molecule has 190 valence electrons. The van der Waals surface area contributed by atoms with Gasteiger partial charge >= 0.3 is 0 Å². The molecule has 1 aliphatic heterocycles. The zero-order valence-corrected chi connectivity index (χ0v) is 22.4. The maximum atomic E-state index is 6.81. The third-order valence-electron chi connectivity index (χ3n) is 8.27. The third-order valence-corrected chi connectivity index (χ3v) is 10.0. The molecule has 7 nitrogen and oxygen atoms in total. The Kier molecular flexibility index (Phi) is 5.60. The highest BCUT2D eigenvalue weighted by molar-refractivity contribution is 7.99. The number of nitrogens with zero attached hydrogens (tertiary/aromatic N) is 5. The third kappa shape index (κ3) is 3.97. The molecule has 4 aromatic rings. The SMILES string of the molecule is Cc1nc(N2CCC3(CC2)Cc2ccccc2[C@H]3N)n2ccnc2c1Sc1ccnc(NC2CC2)c1Cl. The summed E-state index contributed by atoms with van der Waals surface area (Å²) in [6, 6.07) is 11.2. The highest BCUT2D eigenvalue weighted by atomic mass is 35.5. The van der Waals surface area contributed by atoms with E-state index in [1.54, 1.807) is 11.8 Å². The molecule has 0 amide bonds. The van der Waals surface area contributed by atoms with Crippen LogP contribution in [0.3, 0.4) is 0 Å². The smallest absolute Gasteiger partial charge is 0.211 e. The fourth-order valence-corrected chi connectivity index (χ4v) is 7.24. The first-order chi connectivity index (χ1) is 18.0. The number of nitrogens with two attached hydrogens (primary N) is 1. The van der Waals surface area contributed by atoms with Crippen molar-refractivity contribution < 1.29 is 0 Å². The molecule has 0 unspecified atom stereocenters. The highest BCUT2D eigenvalue weighted by Gasteiger charge is 2.46. The molecule has 1 saturated heterocycles. The zero-order chi connectivity index (χ0) is 25.1. The fourth-order valence-electron chi connectivity index (χ4n) is 5.99. The van der Waals surface area contributed by atoms with E-state index in [0.717, 1.165) is 65.3 Å². The van der Waals surface area contributed by atoms with Crippen molar-refractivity contribution in [2.24, 2.45) is 11.1 Å². The number of hydrogen-bond donors (Lipinski definition) is 2. The molecule has 4 heterocycles. The van der Waals surface area contributed by atoms with Crippen LogP contribution in [0.25, 0.3) is 5.65 Å². The lowest BCUT2D eigenvalue weighted by Crippen LogP contribution is -2.45. The van der Waals surface area contributed by atoms with Crippen molar-refractivity contribution in [3.8, 4) is 0 Å². The highest BCUT2D eigenvalue weighted by Crippen LogP contribution is 2.51. The fraction of sp³-hybridized carbons (Fsp3) is 0.393. The van der Waals surface area contributed by atoms with E-state index in [2.05, 4.69) is 50.8 Å². The Bertz CT molecular complexity index is 1490. The predicted octanol–water partition coefficient (Wildman–Crippen LogP) is 5.65. The van der Waals surface area contributed by atoms with Gasteiger partial charge in [0.15, 0.2) is 5.65 Å². The number of aromatic nitrogens is 4. The normalized spacial score (nSPS) is 20.5. The van der Waals surface area contributed by atoms with Crippen molar-refractivity contribution in [2.45, 2.75) is 60.9 Å². The van der Waals surface area contributed by atoms with Crippen molar-refractivity contribution >= 4 is 40.8 Å². The van der Waals surface area contributed by atoms with Crippen LogP contribution in [-0.4, -0.2) is 38.5 Å². The molecule has 3 N–H and O–H groups in total. The number of piperidine rings is 1. The molecule has 2 aliphatic carbocycles. The first-order valence-corrected chi connectivity index (χ1v) is 14.2. The number of nitrogens with one attached hydrogen (secondary N) is 1. The molecule has 1 aromatic carbocycles. The van der Waals surface area contributed by atoms with E-state index in [0.29, 0.717) is 11.1 Å². The van der Waals surface area contributed by atoms with Crippen LogP contribution in [0.15, 0.2) is 58.7 Å². The molecule has 0 radical (unpaired) electrons. The molecule has 37 heavy (non-hydrogen) atoms. The van der Waals surface area contributed by atoms with Crippen LogP contribution >= 0.6 is 23.4 Å². The lowest BCUT2D eigenvalue weighted by molar-refractivity contribution is 0.186. The van der Waals surface area contributed by atoms with Crippen LogP contribution in [0.2, 0.25) is 5.02 Å². The summed E-state index contributed by atoms with van der Waals surface area (Å²) in [7, 11) is 0. The van der Waals surface area contributed by atoms with Gasteiger partial charge < -0.3 is 16.0 Å². The predicted molar refractivity (Wildman–Crippen MR) is 149 cm³/mol. The van der Waals surface area contributed by atoms with Gasteiger partial charge in [0.25, 0.3) is 0 Å². The first-order valence-electron chi connectivity index (χ1n) is 13.0. The van der Waals surface area contributed by atoms with Crippen LogP contribution in [0.5, 0.6) is 0 Å².